The zero-order chi connectivity index (χ0) is 47.2. The van der Waals surface area contributed by atoms with Crippen LogP contribution in [-0.4, -0.2) is 23.9 Å². The molecule has 0 N–H and O–H groups in total. The molecule has 1 atom stereocenters. The first-order valence-corrected chi connectivity index (χ1v) is 24.1. The van der Waals surface area contributed by atoms with Crippen molar-refractivity contribution in [3.8, 4) is 45.3 Å². The number of unbranched alkanes of at least 4 members (excludes halogenated alkanes) is 10. The van der Waals surface area contributed by atoms with Crippen molar-refractivity contribution >= 4 is 23.9 Å². The smallest absolute Gasteiger partial charge is 0.343 e. The predicted octanol–water partition coefficient (Wildman–Crippen LogP) is 14.8. The fourth-order valence-corrected chi connectivity index (χ4v) is 7.75. The van der Waals surface area contributed by atoms with Gasteiger partial charge in [0.15, 0.2) is 0 Å². The van der Waals surface area contributed by atoms with E-state index in [9.17, 15) is 19.2 Å². The molecule has 0 aliphatic heterocycles. The third-order valence-corrected chi connectivity index (χ3v) is 11.8. The molecule has 0 aliphatic rings. The lowest BCUT2D eigenvalue weighted by Gasteiger charge is -2.12. The van der Waals surface area contributed by atoms with E-state index in [0.717, 1.165) is 35.1 Å². The largest absolute Gasteiger partial charge is 0.427 e. The molecular formula is C59H64O8. The Bertz CT molecular complexity index is 2450. The lowest BCUT2D eigenvalue weighted by molar-refractivity contribution is -0.144. The van der Waals surface area contributed by atoms with E-state index < -0.39 is 29.8 Å². The zero-order valence-corrected chi connectivity index (χ0v) is 39.3. The average molecular weight is 901 g/mol. The molecule has 0 bridgehead atoms. The van der Waals surface area contributed by atoms with E-state index in [1.54, 1.807) is 31.2 Å². The van der Waals surface area contributed by atoms with Gasteiger partial charge in [0.05, 0.1) is 23.5 Å². The highest BCUT2D eigenvalue weighted by molar-refractivity contribution is 5.92. The van der Waals surface area contributed by atoms with Gasteiger partial charge >= 0.3 is 23.9 Å². The zero-order valence-electron chi connectivity index (χ0n) is 39.3. The van der Waals surface area contributed by atoms with Crippen LogP contribution in [0.15, 0.2) is 146 Å². The Kier molecular flexibility index (Phi) is 19.5. The van der Waals surface area contributed by atoms with Gasteiger partial charge in [-0.3, -0.25) is 9.59 Å². The number of hydrogen-bond acceptors (Lipinski definition) is 8. The molecule has 348 valence electrons. The molecule has 6 rings (SSSR count). The number of aryl methyl sites for hydroxylation is 2. The molecule has 0 saturated carbocycles. The molecule has 0 amide bonds. The van der Waals surface area contributed by atoms with Gasteiger partial charge in [0.25, 0.3) is 0 Å². The van der Waals surface area contributed by atoms with Crippen LogP contribution in [0.3, 0.4) is 0 Å². The SMILES string of the molecule is CCCCCCCCc1ccc(-c2ccc(C(=O)Oc3ccc(OC(=O)CC(C)C(=O)Oc4ccc(OC(=O)c5ccc(-c6ccc(CCCCCCCC)cc6)cc5)cc4)cc3)cc2)cc1. The fraction of sp³-hybridized carbons (Fsp3) is 0.322. The molecule has 0 aliphatic carbocycles. The summed E-state index contributed by atoms with van der Waals surface area (Å²) in [6.45, 7) is 6.05. The Labute approximate surface area is 396 Å². The number of ether oxygens (including phenoxy) is 4. The van der Waals surface area contributed by atoms with E-state index >= 15 is 0 Å². The maximum atomic E-state index is 12.9. The van der Waals surface area contributed by atoms with Gasteiger partial charge in [-0.25, -0.2) is 9.59 Å². The summed E-state index contributed by atoms with van der Waals surface area (Å²) < 4.78 is 22.0. The Balaban J connectivity index is 0.884. The van der Waals surface area contributed by atoms with Gasteiger partial charge in [-0.2, -0.15) is 0 Å². The minimum absolute atomic E-state index is 0.228. The van der Waals surface area contributed by atoms with E-state index in [-0.39, 0.29) is 29.4 Å². The number of carbonyl (C=O) groups is 4. The second-order valence-corrected chi connectivity index (χ2v) is 17.3. The average Bonchev–Trinajstić information content (AvgIpc) is 3.35. The van der Waals surface area contributed by atoms with Crippen LogP contribution in [0.5, 0.6) is 23.0 Å². The second kappa shape index (κ2) is 26.4. The highest BCUT2D eigenvalue weighted by atomic mass is 16.6. The predicted molar refractivity (Wildman–Crippen MR) is 266 cm³/mol. The van der Waals surface area contributed by atoms with Gasteiger partial charge in [-0.1, -0.05) is 158 Å². The van der Waals surface area contributed by atoms with E-state index in [0.29, 0.717) is 11.1 Å². The minimum Gasteiger partial charge on any atom is -0.427 e. The third-order valence-electron chi connectivity index (χ3n) is 11.8. The summed E-state index contributed by atoms with van der Waals surface area (Å²) in [6, 6.07) is 44.0. The third kappa shape index (κ3) is 16.2. The maximum Gasteiger partial charge on any atom is 0.343 e. The van der Waals surface area contributed by atoms with Crippen LogP contribution in [0.4, 0.5) is 0 Å². The van der Waals surface area contributed by atoms with Crippen molar-refractivity contribution in [1.29, 1.82) is 0 Å². The summed E-state index contributed by atoms with van der Waals surface area (Å²) in [7, 11) is 0. The van der Waals surface area contributed by atoms with Crippen LogP contribution >= 0.6 is 0 Å². The molecule has 0 aromatic heterocycles. The monoisotopic (exact) mass is 900 g/mol. The van der Waals surface area contributed by atoms with Crippen molar-refractivity contribution in [3.63, 3.8) is 0 Å². The number of esters is 4. The summed E-state index contributed by atoms with van der Waals surface area (Å²) in [5.74, 6) is -2.04. The Morgan fingerprint density at radius 3 is 1.06 bits per heavy atom. The van der Waals surface area contributed by atoms with Gasteiger partial charge in [-0.15, -0.1) is 0 Å². The number of benzene rings is 6. The molecule has 6 aromatic carbocycles. The quantitative estimate of drug-likeness (QED) is 0.0318. The van der Waals surface area contributed by atoms with E-state index in [4.69, 9.17) is 18.9 Å². The summed E-state index contributed by atoms with van der Waals surface area (Å²) in [4.78, 5) is 51.4. The van der Waals surface area contributed by atoms with Crippen molar-refractivity contribution in [2.75, 3.05) is 0 Å². The highest BCUT2D eigenvalue weighted by Gasteiger charge is 2.21. The van der Waals surface area contributed by atoms with Gasteiger partial charge in [0, 0.05) is 0 Å². The summed E-state index contributed by atoms with van der Waals surface area (Å²) in [6.07, 6.45) is 17.3. The molecule has 8 heteroatoms. The van der Waals surface area contributed by atoms with E-state index in [1.807, 2.05) is 24.3 Å². The first kappa shape index (κ1) is 49.6. The van der Waals surface area contributed by atoms with Gasteiger partial charge < -0.3 is 18.9 Å². The molecule has 0 fully saturated rings. The standard InChI is InChI=1S/C59H64O8/c1-4-6-8-10-12-14-16-44-18-22-46(23-19-44)48-26-30-50(31-27-48)58(62)66-54-36-34-52(35-37-54)64-56(60)42-43(3)57(61)65-53-38-40-55(41-39-53)67-59(63)51-32-28-49(29-33-51)47-24-20-45(21-25-47)17-15-13-11-9-7-5-2/h18-41,43H,4-17,42H2,1-3H3. The molecular weight excluding hydrogens is 837 g/mol. The fourth-order valence-electron chi connectivity index (χ4n) is 7.75. The molecule has 0 saturated heterocycles. The normalized spacial score (nSPS) is 11.4. The topological polar surface area (TPSA) is 105 Å². The first-order valence-electron chi connectivity index (χ1n) is 24.1. The number of carbonyl (C=O) groups excluding carboxylic acids is 4. The molecule has 1 unspecified atom stereocenters. The molecule has 6 aromatic rings. The molecule has 0 radical (unpaired) electrons. The van der Waals surface area contributed by atoms with Crippen LogP contribution in [0.1, 0.15) is 136 Å². The maximum absolute atomic E-state index is 12.9. The highest BCUT2D eigenvalue weighted by Crippen LogP contribution is 2.26. The lowest BCUT2D eigenvalue weighted by atomic mass is 10.00. The van der Waals surface area contributed by atoms with Gasteiger partial charge in [0.1, 0.15) is 23.0 Å². The van der Waals surface area contributed by atoms with Crippen molar-refractivity contribution in [3.05, 3.63) is 168 Å². The first-order chi connectivity index (χ1) is 32.7. The lowest BCUT2D eigenvalue weighted by Crippen LogP contribution is -2.23. The van der Waals surface area contributed by atoms with Gasteiger partial charge in [0.2, 0.25) is 0 Å². The Hall–Kier alpha value is -6.80. The molecule has 67 heavy (non-hydrogen) atoms. The van der Waals surface area contributed by atoms with E-state index in [1.165, 1.54) is 137 Å². The van der Waals surface area contributed by atoms with Crippen molar-refractivity contribution in [1.82, 2.24) is 0 Å². The number of rotatable bonds is 25. The molecule has 0 spiro atoms. The number of hydrogen-bond donors (Lipinski definition) is 0. The van der Waals surface area contributed by atoms with Crippen LogP contribution in [0.2, 0.25) is 0 Å². The minimum atomic E-state index is -0.808. The van der Waals surface area contributed by atoms with Crippen LogP contribution in [0.25, 0.3) is 22.3 Å². The summed E-state index contributed by atoms with van der Waals surface area (Å²) >= 11 is 0. The molecule has 8 nitrogen and oxygen atoms in total. The Morgan fingerprint density at radius 2 is 0.687 bits per heavy atom. The van der Waals surface area contributed by atoms with Crippen molar-refractivity contribution in [2.24, 2.45) is 5.92 Å². The second-order valence-electron chi connectivity index (χ2n) is 17.3. The van der Waals surface area contributed by atoms with E-state index in [2.05, 4.69) is 62.4 Å². The van der Waals surface area contributed by atoms with Gasteiger partial charge in [-0.05, 0) is 132 Å². The van der Waals surface area contributed by atoms with Crippen LogP contribution in [0, 0.1) is 5.92 Å². The van der Waals surface area contributed by atoms with Crippen molar-refractivity contribution < 1.29 is 38.1 Å². The van der Waals surface area contributed by atoms with Crippen LogP contribution < -0.4 is 18.9 Å². The Morgan fingerprint density at radius 1 is 0.373 bits per heavy atom. The van der Waals surface area contributed by atoms with Crippen molar-refractivity contribution in [2.45, 2.75) is 117 Å². The summed E-state index contributed by atoms with van der Waals surface area (Å²) in [5, 5.41) is 0. The summed E-state index contributed by atoms with van der Waals surface area (Å²) in [5.41, 5.74) is 7.69. The molecule has 0 heterocycles. The van der Waals surface area contributed by atoms with Crippen LogP contribution in [-0.2, 0) is 22.4 Å².